The van der Waals surface area contributed by atoms with Gasteiger partial charge in [-0.3, -0.25) is 4.79 Å². The molecular formula is C15H21N3O2. The minimum atomic E-state index is -0.164. The van der Waals surface area contributed by atoms with E-state index in [2.05, 4.69) is 29.1 Å². The van der Waals surface area contributed by atoms with Gasteiger partial charge in [-0.2, -0.15) is 0 Å². The minimum Gasteiger partial charge on any atom is -0.375 e. The normalized spacial score (nSPS) is 25.2. The lowest BCUT2D eigenvalue weighted by molar-refractivity contribution is -0.0615. The standard InChI is InChI=1S/C15H21N3O2/c1-15(2)7-12(5-6-20-15)18-14(19)11-8-16-13(17-9-11)10-3-4-10/h8-10,12H,3-7H2,1-2H3,(H,18,19)/t12-/m0/s1. The third-order valence-corrected chi connectivity index (χ3v) is 3.91. The SMILES string of the molecule is CC1(C)C[C@@H](NC(=O)c2cnc(C3CC3)nc2)CCO1. The van der Waals surface area contributed by atoms with E-state index in [4.69, 9.17) is 4.74 Å². The Balaban J connectivity index is 1.60. The van der Waals surface area contributed by atoms with Gasteiger partial charge in [-0.1, -0.05) is 0 Å². The monoisotopic (exact) mass is 275 g/mol. The number of hydrogen-bond acceptors (Lipinski definition) is 4. The van der Waals surface area contributed by atoms with E-state index in [0.29, 0.717) is 18.1 Å². The molecule has 1 atom stereocenters. The van der Waals surface area contributed by atoms with E-state index >= 15 is 0 Å². The van der Waals surface area contributed by atoms with Crippen LogP contribution in [0.2, 0.25) is 0 Å². The zero-order valence-electron chi connectivity index (χ0n) is 12.1. The maximum Gasteiger partial charge on any atom is 0.254 e. The van der Waals surface area contributed by atoms with Crippen molar-refractivity contribution in [2.24, 2.45) is 0 Å². The second-order valence-electron chi connectivity index (χ2n) is 6.38. The van der Waals surface area contributed by atoms with E-state index in [1.807, 2.05) is 0 Å². The molecule has 1 saturated carbocycles. The van der Waals surface area contributed by atoms with Crippen molar-refractivity contribution in [3.63, 3.8) is 0 Å². The number of ether oxygens (including phenoxy) is 1. The Hall–Kier alpha value is -1.49. The van der Waals surface area contributed by atoms with Gasteiger partial charge in [0.2, 0.25) is 0 Å². The Morgan fingerprint density at radius 1 is 1.30 bits per heavy atom. The highest BCUT2D eigenvalue weighted by Gasteiger charge is 2.30. The number of rotatable bonds is 3. The van der Waals surface area contributed by atoms with Crippen LogP contribution in [0.25, 0.3) is 0 Å². The molecule has 1 aromatic rings. The number of carbonyl (C=O) groups excluding carboxylic acids is 1. The summed E-state index contributed by atoms with van der Waals surface area (Å²) >= 11 is 0. The van der Waals surface area contributed by atoms with Crippen LogP contribution >= 0.6 is 0 Å². The molecule has 0 aromatic carbocycles. The number of amides is 1. The number of carbonyl (C=O) groups is 1. The molecule has 5 nitrogen and oxygen atoms in total. The Labute approximate surface area is 119 Å². The molecule has 0 unspecified atom stereocenters. The molecule has 1 amide bonds. The second kappa shape index (κ2) is 5.13. The van der Waals surface area contributed by atoms with Gasteiger partial charge < -0.3 is 10.1 Å². The lowest BCUT2D eigenvalue weighted by Crippen LogP contribution is -2.45. The molecule has 2 aliphatic rings. The van der Waals surface area contributed by atoms with E-state index < -0.39 is 0 Å². The molecule has 108 valence electrons. The van der Waals surface area contributed by atoms with E-state index in [1.165, 1.54) is 12.8 Å². The predicted octanol–water partition coefficient (Wildman–Crippen LogP) is 2.04. The van der Waals surface area contributed by atoms with Crippen molar-refractivity contribution in [3.8, 4) is 0 Å². The summed E-state index contributed by atoms with van der Waals surface area (Å²) in [6, 6.07) is 0.161. The molecule has 1 N–H and O–H groups in total. The quantitative estimate of drug-likeness (QED) is 0.917. The first-order valence-electron chi connectivity index (χ1n) is 7.30. The zero-order chi connectivity index (χ0) is 14.2. The van der Waals surface area contributed by atoms with Crippen molar-refractivity contribution >= 4 is 5.91 Å². The van der Waals surface area contributed by atoms with Gasteiger partial charge in [0, 0.05) is 31.0 Å². The maximum absolute atomic E-state index is 12.2. The van der Waals surface area contributed by atoms with Gasteiger partial charge in [-0.05, 0) is 39.5 Å². The fraction of sp³-hybridized carbons (Fsp3) is 0.667. The summed E-state index contributed by atoms with van der Waals surface area (Å²) in [6.07, 6.45) is 7.31. The van der Waals surface area contributed by atoms with Gasteiger partial charge in [0.05, 0.1) is 11.2 Å². The topological polar surface area (TPSA) is 64.1 Å². The van der Waals surface area contributed by atoms with Gasteiger partial charge in [-0.15, -0.1) is 0 Å². The molecule has 0 spiro atoms. The number of nitrogens with zero attached hydrogens (tertiary/aromatic N) is 2. The fourth-order valence-corrected chi connectivity index (χ4v) is 2.63. The molecule has 20 heavy (non-hydrogen) atoms. The van der Waals surface area contributed by atoms with Crippen LogP contribution in [-0.2, 0) is 4.74 Å². The van der Waals surface area contributed by atoms with Gasteiger partial charge in [0.25, 0.3) is 5.91 Å². The Bertz CT molecular complexity index is 494. The highest BCUT2D eigenvalue weighted by Crippen LogP contribution is 2.37. The van der Waals surface area contributed by atoms with Crippen LogP contribution in [0.5, 0.6) is 0 Å². The molecule has 0 bridgehead atoms. The molecule has 2 heterocycles. The molecule has 1 aromatic heterocycles. The lowest BCUT2D eigenvalue weighted by atomic mass is 9.94. The Kier molecular flexibility index (Phi) is 3.46. The molecule has 1 saturated heterocycles. The summed E-state index contributed by atoms with van der Waals surface area (Å²) in [5.41, 5.74) is 0.376. The molecule has 1 aliphatic heterocycles. The van der Waals surface area contributed by atoms with Crippen LogP contribution in [0.4, 0.5) is 0 Å². The first-order chi connectivity index (χ1) is 9.53. The van der Waals surface area contributed by atoms with Crippen molar-refractivity contribution in [1.82, 2.24) is 15.3 Å². The minimum absolute atomic E-state index is 0.0879. The van der Waals surface area contributed by atoms with Crippen LogP contribution in [0.3, 0.4) is 0 Å². The molecule has 5 heteroatoms. The summed E-state index contributed by atoms with van der Waals surface area (Å²) in [5, 5.41) is 3.06. The number of aromatic nitrogens is 2. The number of hydrogen-bond donors (Lipinski definition) is 1. The Morgan fingerprint density at radius 3 is 2.60 bits per heavy atom. The lowest BCUT2D eigenvalue weighted by Gasteiger charge is -2.35. The first kappa shape index (κ1) is 13.5. The van der Waals surface area contributed by atoms with Crippen molar-refractivity contribution in [1.29, 1.82) is 0 Å². The van der Waals surface area contributed by atoms with E-state index in [-0.39, 0.29) is 17.6 Å². The van der Waals surface area contributed by atoms with Crippen molar-refractivity contribution in [2.45, 2.75) is 57.1 Å². The smallest absolute Gasteiger partial charge is 0.254 e. The largest absolute Gasteiger partial charge is 0.375 e. The maximum atomic E-state index is 12.2. The average Bonchev–Trinajstić information content (AvgIpc) is 3.22. The van der Waals surface area contributed by atoms with Crippen LogP contribution in [0.1, 0.15) is 61.6 Å². The van der Waals surface area contributed by atoms with Gasteiger partial charge >= 0.3 is 0 Å². The third kappa shape index (κ3) is 3.15. The van der Waals surface area contributed by atoms with Crippen molar-refractivity contribution in [3.05, 3.63) is 23.8 Å². The molecular weight excluding hydrogens is 254 g/mol. The van der Waals surface area contributed by atoms with E-state index in [9.17, 15) is 4.79 Å². The summed E-state index contributed by atoms with van der Waals surface area (Å²) < 4.78 is 5.66. The van der Waals surface area contributed by atoms with Crippen LogP contribution in [0, 0.1) is 0 Å². The van der Waals surface area contributed by atoms with Crippen molar-refractivity contribution in [2.75, 3.05) is 6.61 Å². The molecule has 2 fully saturated rings. The highest BCUT2D eigenvalue weighted by molar-refractivity contribution is 5.93. The summed E-state index contributed by atoms with van der Waals surface area (Å²) in [5.74, 6) is 1.30. The summed E-state index contributed by atoms with van der Waals surface area (Å²) in [6.45, 7) is 4.80. The number of nitrogens with one attached hydrogen (secondary N) is 1. The highest BCUT2D eigenvalue weighted by atomic mass is 16.5. The Morgan fingerprint density at radius 2 is 2.00 bits per heavy atom. The van der Waals surface area contributed by atoms with E-state index in [0.717, 1.165) is 18.7 Å². The van der Waals surface area contributed by atoms with Gasteiger partial charge in [0.15, 0.2) is 0 Å². The molecule has 3 rings (SSSR count). The zero-order valence-corrected chi connectivity index (χ0v) is 12.1. The average molecular weight is 275 g/mol. The molecule has 0 radical (unpaired) electrons. The second-order valence-corrected chi connectivity index (χ2v) is 6.38. The van der Waals surface area contributed by atoms with Gasteiger partial charge in [0.1, 0.15) is 5.82 Å². The summed E-state index contributed by atoms with van der Waals surface area (Å²) in [7, 11) is 0. The van der Waals surface area contributed by atoms with Crippen LogP contribution < -0.4 is 5.32 Å². The van der Waals surface area contributed by atoms with Gasteiger partial charge in [-0.25, -0.2) is 9.97 Å². The fourth-order valence-electron chi connectivity index (χ4n) is 2.63. The first-order valence-corrected chi connectivity index (χ1v) is 7.30. The van der Waals surface area contributed by atoms with Crippen LogP contribution in [-0.4, -0.2) is 34.1 Å². The summed E-state index contributed by atoms with van der Waals surface area (Å²) in [4.78, 5) is 20.8. The van der Waals surface area contributed by atoms with Crippen LogP contribution in [0.15, 0.2) is 12.4 Å². The van der Waals surface area contributed by atoms with E-state index in [1.54, 1.807) is 12.4 Å². The molecule has 1 aliphatic carbocycles. The van der Waals surface area contributed by atoms with Crippen molar-refractivity contribution < 1.29 is 9.53 Å². The predicted molar refractivity (Wildman–Crippen MR) is 74.5 cm³/mol. The third-order valence-electron chi connectivity index (χ3n) is 3.91.